The summed E-state index contributed by atoms with van der Waals surface area (Å²) in [6.45, 7) is 5.32. The lowest BCUT2D eigenvalue weighted by Crippen LogP contribution is -2.32. The first-order valence-electron chi connectivity index (χ1n) is 10.8. The molecule has 0 saturated carbocycles. The fourth-order valence-electron chi connectivity index (χ4n) is 4.58. The number of esters is 1. The van der Waals surface area contributed by atoms with Gasteiger partial charge >= 0.3 is 5.97 Å². The third kappa shape index (κ3) is 4.24. The van der Waals surface area contributed by atoms with E-state index >= 15 is 0 Å². The Bertz CT molecular complexity index is 1160. The number of rotatable bonds is 7. The monoisotopic (exact) mass is 464 g/mol. The van der Waals surface area contributed by atoms with E-state index in [9.17, 15) is 4.79 Å². The number of methoxy groups -OCH3 is 2. The van der Waals surface area contributed by atoms with Crippen LogP contribution in [0.25, 0.3) is 5.69 Å². The smallest absolute Gasteiger partial charge is 0.339 e. The zero-order chi connectivity index (χ0) is 23.5. The van der Waals surface area contributed by atoms with Gasteiger partial charge in [-0.05, 0) is 62.0 Å². The van der Waals surface area contributed by atoms with Crippen LogP contribution in [0.1, 0.15) is 45.1 Å². The van der Waals surface area contributed by atoms with Gasteiger partial charge in [0.1, 0.15) is 0 Å². The van der Waals surface area contributed by atoms with Gasteiger partial charge in [0.05, 0.1) is 42.7 Å². The van der Waals surface area contributed by atoms with E-state index in [2.05, 4.69) is 32.8 Å². The number of pyridine rings is 1. The van der Waals surface area contributed by atoms with E-state index < -0.39 is 0 Å². The van der Waals surface area contributed by atoms with E-state index in [1.165, 1.54) is 7.11 Å². The normalized spacial score (nSPS) is 17.8. The predicted octanol–water partition coefficient (Wildman–Crippen LogP) is 3.89. The molecule has 1 aliphatic heterocycles. The summed E-state index contributed by atoms with van der Waals surface area (Å²) in [5.41, 5.74) is 5.39. The van der Waals surface area contributed by atoms with E-state index in [-0.39, 0.29) is 18.1 Å². The molecule has 1 aliphatic rings. The average Bonchev–Trinajstić information content (AvgIpc) is 3.32. The highest BCUT2D eigenvalue weighted by Crippen LogP contribution is 2.41. The Morgan fingerprint density at radius 1 is 1.15 bits per heavy atom. The molecule has 33 heavy (non-hydrogen) atoms. The Hall–Kier alpha value is -3.23. The lowest BCUT2D eigenvalue weighted by atomic mass is 9.97. The third-order valence-corrected chi connectivity index (χ3v) is 6.43. The number of thiocarbonyl (C=S) groups is 1. The van der Waals surface area contributed by atoms with E-state index in [4.69, 9.17) is 21.7 Å². The average molecular weight is 465 g/mol. The third-order valence-electron chi connectivity index (χ3n) is 6.07. The first-order chi connectivity index (χ1) is 16.0. The van der Waals surface area contributed by atoms with E-state index in [1.807, 2.05) is 43.3 Å². The molecule has 1 fully saturated rings. The van der Waals surface area contributed by atoms with Crippen LogP contribution in [-0.4, -0.2) is 52.9 Å². The molecule has 0 aliphatic carbocycles. The molecule has 0 radical (unpaired) electrons. The van der Waals surface area contributed by atoms with Gasteiger partial charge in [-0.15, -0.1) is 0 Å². The van der Waals surface area contributed by atoms with Gasteiger partial charge in [0.25, 0.3) is 0 Å². The SMILES string of the molecule is COCCN1C(=S)NC(c2ccccn2)C1c1cc(C)n(-c2ccccc2C(=O)OC)c1C. The quantitative estimate of drug-likeness (QED) is 0.420. The number of aryl methyl sites for hydroxylation is 1. The van der Waals surface area contributed by atoms with Gasteiger partial charge in [-0.2, -0.15) is 0 Å². The minimum Gasteiger partial charge on any atom is -0.465 e. The molecule has 0 spiro atoms. The molecule has 1 aromatic carbocycles. The van der Waals surface area contributed by atoms with Crippen LogP contribution in [0.5, 0.6) is 0 Å². The van der Waals surface area contributed by atoms with Crippen molar-refractivity contribution in [1.82, 2.24) is 19.8 Å². The summed E-state index contributed by atoms with van der Waals surface area (Å²) in [5, 5.41) is 4.14. The summed E-state index contributed by atoms with van der Waals surface area (Å²) in [6, 6.07) is 15.4. The summed E-state index contributed by atoms with van der Waals surface area (Å²) in [6.07, 6.45) is 1.80. The van der Waals surface area contributed by atoms with Crippen LogP contribution >= 0.6 is 12.2 Å². The number of hydrogen-bond acceptors (Lipinski definition) is 5. The fourth-order valence-corrected chi connectivity index (χ4v) is 4.92. The Kier molecular flexibility index (Phi) is 6.76. The predicted molar refractivity (Wildman–Crippen MR) is 131 cm³/mol. The maximum Gasteiger partial charge on any atom is 0.339 e. The number of nitrogens with one attached hydrogen (secondary N) is 1. The number of carbonyl (C=O) groups is 1. The molecule has 1 saturated heterocycles. The van der Waals surface area contributed by atoms with Crippen LogP contribution < -0.4 is 5.32 Å². The minimum atomic E-state index is -0.364. The molecule has 7 nitrogen and oxygen atoms in total. The van der Waals surface area contributed by atoms with Gasteiger partial charge in [0.2, 0.25) is 0 Å². The molecule has 2 unspecified atom stereocenters. The molecule has 2 aromatic heterocycles. The van der Waals surface area contributed by atoms with Gasteiger partial charge < -0.3 is 24.3 Å². The van der Waals surface area contributed by atoms with Crippen molar-refractivity contribution in [2.75, 3.05) is 27.4 Å². The maximum atomic E-state index is 12.5. The molecule has 1 N–H and O–H groups in total. The van der Waals surface area contributed by atoms with Crippen molar-refractivity contribution < 1.29 is 14.3 Å². The lowest BCUT2D eigenvalue weighted by molar-refractivity contribution is 0.0600. The van der Waals surface area contributed by atoms with Crippen LogP contribution in [0.3, 0.4) is 0 Å². The molecule has 8 heteroatoms. The van der Waals surface area contributed by atoms with Crippen molar-refractivity contribution in [3.05, 3.63) is 82.9 Å². The second-order valence-electron chi connectivity index (χ2n) is 7.98. The number of para-hydroxylation sites is 1. The van der Waals surface area contributed by atoms with E-state index in [0.717, 1.165) is 28.3 Å². The standard InChI is InChI=1S/C25H28N4O3S/c1-16-15-19(17(2)29(16)21-11-6-5-9-18(21)24(30)32-4)23-22(20-10-7-8-12-26-20)27-25(33)28(23)13-14-31-3/h5-12,15,22-23H,13-14H2,1-4H3,(H,27,33). The molecular weight excluding hydrogens is 436 g/mol. The first kappa shape index (κ1) is 22.9. The van der Waals surface area contributed by atoms with Crippen molar-refractivity contribution in [2.24, 2.45) is 0 Å². The van der Waals surface area contributed by atoms with Crippen LogP contribution in [0, 0.1) is 13.8 Å². The van der Waals surface area contributed by atoms with Gasteiger partial charge in [-0.3, -0.25) is 4.98 Å². The Morgan fingerprint density at radius 3 is 2.61 bits per heavy atom. The number of nitrogens with zero attached hydrogens (tertiary/aromatic N) is 3. The Labute approximate surface area is 199 Å². The fraction of sp³-hybridized carbons (Fsp3) is 0.320. The Morgan fingerprint density at radius 2 is 1.91 bits per heavy atom. The summed E-state index contributed by atoms with van der Waals surface area (Å²) in [5.74, 6) is -0.364. The van der Waals surface area contributed by atoms with Gasteiger partial charge in [-0.1, -0.05) is 18.2 Å². The van der Waals surface area contributed by atoms with Gasteiger partial charge in [-0.25, -0.2) is 4.79 Å². The second-order valence-corrected chi connectivity index (χ2v) is 8.37. The minimum absolute atomic E-state index is 0.0761. The van der Waals surface area contributed by atoms with Crippen LogP contribution in [0.15, 0.2) is 54.7 Å². The summed E-state index contributed by atoms with van der Waals surface area (Å²) < 4.78 is 12.5. The molecular formula is C25H28N4O3S. The van der Waals surface area contributed by atoms with Gasteiger partial charge in [0, 0.05) is 31.2 Å². The zero-order valence-corrected chi connectivity index (χ0v) is 20.1. The molecule has 3 aromatic rings. The summed E-state index contributed by atoms with van der Waals surface area (Å²) >= 11 is 5.72. The molecule has 3 heterocycles. The highest BCUT2D eigenvalue weighted by molar-refractivity contribution is 7.80. The van der Waals surface area contributed by atoms with E-state index in [0.29, 0.717) is 23.8 Å². The topological polar surface area (TPSA) is 68.6 Å². The van der Waals surface area contributed by atoms with Gasteiger partial charge in [0.15, 0.2) is 5.11 Å². The summed E-state index contributed by atoms with van der Waals surface area (Å²) in [7, 11) is 3.09. The summed E-state index contributed by atoms with van der Waals surface area (Å²) in [4.78, 5) is 19.2. The van der Waals surface area contributed by atoms with E-state index in [1.54, 1.807) is 19.4 Å². The van der Waals surface area contributed by atoms with Crippen LogP contribution in [-0.2, 0) is 9.47 Å². The number of hydrogen-bond donors (Lipinski definition) is 1. The van der Waals surface area contributed by atoms with Crippen molar-refractivity contribution >= 4 is 23.3 Å². The second kappa shape index (κ2) is 9.72. The number of aromatic nitrogens is 2. The van der Waals surface area contributed by atoms with Crippen LogP contribution in [0.4, 0.5) is 0 Å². The molecule has 172 valence electrons. The van der Waals surface area contributed by atoms with Crippen molar-refractivity contribution in [3.8, 4) is 5.69 Å². The number of ether oxygens (including phenoxy) is 2. The zero-order valence-electron chi connectivity index (χ0n) is 19.2. The maximum absolute atomic E-state index is 12.5. The molecule has 0 bridgehead atoms. The highest BCUT2D eigenvalue weighted by Gasteiger charge is 2.41. The largest absolute Gasteiger partial charge is 0.465 e. The first-order valence-corrected chi connectivity index (χ1v) is 11.2. The lowest BCUT2D eigenvalue weighted by Gasteiger charge is -2.28. The highest BCUT2D eigenvalue weighted by atomic mass is 32.1. The van der Waals surface area contributed by atoms with Crippen molar-refractivity contribution in [2.45, 2.75) is 25.9 Å². The van der Waals surface area contributed by atoms with Crippen molar-refractivity contribution in [1.29, 1.82) is 0 Å². The number of benzene rings is 1. The number of carbonyl (C=O) groups excluding carboxylic acids is 1. The molecule has 4 rings (SSSR count). The Balaban J connectivity index is 1.85. The van der Waals surface area contributed by atoms with Crippen LogP contribution in [0.2, 0.25) is 0 Å². The van der Waals surface area contributed by atoms with Crippen molar-refractivity contribution in [3.63, 3.8) is 0 Å². The molecule has 2 atom stereocenters. The molecule has 0 amide bonds.